The first-order valence-electron chi connectivity index (χ1n) is 3.46. The highest BCUT2D eigenvalue weighted by atomic mass is 32.3. The van der Waals surface area contributed by atoms with Gasteiger partial charge in [-0.25, -0.2) is 13.4 Å². The third-order valence-electron chi connectivity index (χ3n) is 1.09. The van der Waals surface area contributed by atoms with Gasteiger partial charge in [0.25, 0.3) is 4.38 Å². The summed E-state index contributed by atoms with van der Waals surface area (Å²) in [4.78, 5) is 3.12. The van der Waals surface area contributed by atoms with Crippen molar-refractivity contribution in [2.45, 2.75) is 6.17 Å². The molecule has 1 aliphatic rings. The van der Waals surface area contributed by atoms with Crippen LogP contribution >= 0.6 is 23.5 Å². The zero-order chi connectivity index (χ0) is 11.2. The molecule has 0 aromatic heterocycles. The van der Waals surface area contributed by atoms with Crippen molar-refractivity contribution in [3.8, 4) is 0 Å². The van der Waals surface area contributed by atoms with Crippen molar-refractivity contribution in [1.29, 1.82) is 0 Å². The molecule has 0 fully saturated rings. The van der Waals surface area contributed by atoms with Crippen LogP contribution in [0, 0.1) is 0 Å². The summed E-state index contributed by atoms with van der Waals surface area (Å²) in [5.41, 5.74) is 5.53. The Bertz CT molecular complexity index is 289. The standard InChI is InChI=1S/C4H8N2S2.CH4O4S/c1-7-4-6-3(5)2-8-4;1-5-6(2,3)4/h3H,2,5H2,1H3;1H3,(H,2,3,4). The molecule has 0 aliphatic carbocycles. The number of hydrogen-bond acceptors (Lipinski definition) is 7. The van der Waals surface area contributed by atoms with Crippen LogP contribution in [0.15, 0.2) is 0 Å². The Kier molecular flexibility index (Phi) is 6.74. The summed E-state index contributed by atoms with van der Waals surface area (Å²) in [7, 11) is -3.60. The Hall–Kier alpha value is 0.200. The second-order valence-electron chi connectivity index (χ2n) is 2.13. The monoisotopic (exact) mass is 260 g/mol. The molecule has 3 N–H and O–H groups in total. The molecule has 1 rings (SSSR count). The van der Waals surface area contributed by atoms with Gasteiger partial charge in [0.05, 0.1) is 12.9 Å². The normalized spacial score (nSPS) is 21.1. The van der Waals surface area contributed by atoms with Crippen molar-refractivity contribution in [3.63, 3.8) is 0 Å². The van der Waals surface area contributed by atoms with Gasteiger partial charge < -0.3 is 4.55 Å². The van der Waals surface area contributed by atoms with E-state index in [4.69, 9.17) is 5.73 Å². The highest BCUT2D eigenvalue weighted by molar-refractivity contribution is 8.38. The third-order valence-corrected chi connectivity index (χ3v) is 3.74. The number of thioether (sulfide) groups is 2. The van der Waals surface area contributed by atoms with Crippen LogP contribution in [-0.4, -0.2) is 42.6 Å². The van der Waals surface area contributed by atoms with Crippen molar-refractivity contribution in [3.05, 3.63) is 0 Å². The van der Waals surface area contributed by atoms with Gasteiger partial charge in [0, 0.05) is 0 Å². The van der Waals surface area contributed by atoms with E-state index in [2.05, 4.69) is 9.18 Å². The molecule has 0 saturated carbocycles. The van der Waals surface area contributed by atoms with Gasteiger partial charge in [-0.1, -0.05) is 11.8 Å². The molecule has 14 heavy (non-hydrogen) atoms. The molecule has 6 nitrogen and oxygen atoms in total. The van der Waals surface area contributed by atoms with E-state index >= 15 is 0 Å². The van der Waals surface area contributed by atoms with E-state index < -0.39 is 10.4 Å². The van der Waals surface area contributed by atoms with Gasteiger partial charge in [-0.05, 0) is 18.0 Å². The summed E-state index contributed by atoms with van der Waals surface area (Å²) < 4.78 is 32.3. The molecular weight excluding hydrogens is 248 g/mol. The molecule has 0 saturated heterocycles. The summed E-state index contributed by atoms with van der Waals surface area (Å²) in [5.74, 6) is 1.01. The first kappa shape index (κ1) is 14.2. The smallest absolute Gasteiger partial charge is 0.269 e. The van der Waals surface area contributed by atoms with E-state index in [0.29, 0.717) is 0 Å². The molecule has 1 aliphatic heterocycles. The average molecular weight is 260 g/mol. The summed E-state index contributed by atoms with van der Waals surface area (Å²) in [5, 5.41) is 0. The van der Waals surface area contributed by atoms with E-state index in [1.54, 1.807) is 23.5 Å². The SMILES string of the molecule is COS(=O)(=O)[O-].CSC1=[NH+]C(N)CS1. The molecule has 1 unspecified atom stereocenters. The fourth-order valence-corrected chi connectivity index (χ4v) is 2.11. The average Bonchev–Trinajstić information content (AvgIpc) is 2.51. The van der Waals surface area contributed by atoms with E-state index in [9.17, 15) is 13.0 Å². The maximum atomic E-state index is 9.22. The van der Waals surface area contributed by atoms with Gasteiger partial charge in [-0.2, -0.15) is 0 Å². The van der Waals surface area contributed by atoms with Gasteiger partial charge >= 0.3 is 0 Å². The first-order valence-corrected chi connectivity index (χ1v) is 7.00. The largest absolute Gasteiger partial charge is 0.726 e. The van der Waals surface area contributed by atoms with Gasteiger partial charge in [-0.15, -0.1) is 0 Å². The first-order chi connectivity index (χ1) is 6.39. The third kappa shape index (κ3) is 7.59. The Morgan fingerprint density at radius 2 is 2.29 bits per heavy atom. The van der Waals surface area contributed by atoms with Crippen molar-refractivity contribution >= 4 is 38.3 Å². The summed E-state index contributed by atoms with van der Waals surface area (Å²) in [6, 6.07) is 0. The molecular formula is C5H12N2O4S3. The van der Waals surface area contributed by atoms with Crippen LogP contribution in [0.1, 0.15) is 0 Å². The van der Waals surface area contributed by atoms with Crippen LogP contribution in [0.4, 0.5) is 0 Å². The van der Waals surface area contributed by atoms with Crippen molar-refractivity contribution < 1.29 is 22.1 Å². The number of hydrogen-bond donors (Lipinski definition) is 2. The van der Waals surface area contributed by atoms with Crippen LogP contribution in [-0.2, 0) is 14.6 Å². The molecule has 9 heteroatoms. The van der Waals surface area contributed by atoms with E-state index in [1.807, 2.05) is 6.26 Å². The van der Waals surface area contributed by atoms with Crippen LogP contribution in [0.2, 0.25) is 0 Å². The fourth-order valence-electron chi connectivity index (χ4n) is 0.518. The lowest BCUT2D eigenvalue weighted by Crippen LogP contribution is -2.79. The van der Waals surface area contributed by atoms with Gasteiger partial charge in [0.15, 0.2) is 0 Å². The van der Waals surface area contributed by atoms with Crippen molar-refractivity contribution in [2.75, 3.05) is 19.1 Å². The zero-order valence-electron chi connectivity index (χ0n) is 7.72. The topological polar surface area (TPSA) is 106 Å². The Morgan fingerprint density at radius 1 is 1.79 bits per heavy atom. The minimum Gasteiger partial charge on any atom is -0.726 e. The van der Waals surface area contributed by atoms with Gasteiger partial charge in [-0.3, -0.25) is 9.92 Å². The fraction of sp³-hybridized carbons (Fsp3) is 0.800. The Labute approximate surface area is 91.6 Å². The Balaban J connectivity index is 0.000000255. The lowest BCUT2D eigenvalue weighted by Gasteiger charge is -1.98. The van der Waals surface area contributed by atoms with E-state index in [-0.39, 0.29) is 6.17 Å². The summed E-state index contributed by atoms with van der Waals surface area (Å²) >= 11 is 3.52. The molecule has 1 heterocycles. The molecule has 0 spiro atoms. The van der Waals surface area contributed by atoms with E-state index in [0.717, 1.165) is 12.9 Å². The van der Waals surface area contributed by atoms with Crippen molar-refractivity contribution in [2.24, 2.45) is 5.73 Å². The van der Waals surface area contributed by atoms with Crippen LogP contribution in [0.3, 0.4) is 0 Å². The lowest BCUT2D eigenvalue weighted by molar-refractivity contribution is -0.486. The molecule has 0 amide bonds. The van der Waals surface area contributed by atoms with Crippen LogP contribution in [0.25, 0.3) is 0 Å². The van der Waals surface area contributed by atoms with Crippen molar-refractivity contribution in [1.82, 2.24) is 0 Å². The summed E-state index contributed by atoms with van der Waals surface area (Å²) in [6.07, 6.45) is 2.23. The molecule has 0 aromatic carbocycles. The number of nitrogens with two attached hydrogens (primary N) is 1. The highest BCUT2D eigenvalue weighted by Crippen LogP contribution is 2.11. The maximum absolute atomic E-state index is 9.22. The van der Waals surface area contributed by atoms with E-state index in [1.165, 1.54) is 4.38 Å². The van der Waals surface area contributed by atoms with Crippen LogP contribution in [0.5, 0.6) is 0 Å². The molecule has 0 bridgehead atoms. The predicted octanol–water partition coefficient (Wildman–Crippen LogP) is -2.09. The van der Waals surface area contributed by atoms with Gasteiger partial charge in [0.2, 0.25) is 16.6 Å². The second-order valence-corrected chi connectivity index (χ2v) is 5.38. The van der Waals surface area contributed by atoms with Crippen LogP contribution < -0.4 is 10.7 Å². The maximum Gasteiger partial charge on any atom is 0.269 e. The molecule has 1 atom stereocenters. The quantitative estimate of drug-likeness (QED) is 0.411. The number of nitrogens with one attached hydrogen (secondary N) is 1. The zero-order valence-corrected chi connectivity index (χ0v) is 10.2. The lowest BCUT2D eigenvalue weighted by atomic mass is 10.6. The highest BCUT2D eigenvalue weighted by Gasteiger charge is 2.19. The predicted molar refractivity (Wildman–Crippen MR) is 56.6 cm³/mol. The van der Waals surface area contributed by atoms with Gasteiger partial charge in [0.1, 0.15) is 0 Å². The molecule has 0 radical (unpaired) electrons. The molecule has 0 aromatic rings. The minimum atomic E-state index is -4.41. The second kappa shape index (κ2) is 6.64. The molecule has 84 valence electrons. The Morgan fingerprint density at radius 3 is 2.43 bits per heavy atom. The number of rotatable bonds is 1. The summed E-state index contributed by atoms with van der Waals surface area (Å²) in [6.45, 7) is 0. The minimum absolute atomic E-state index is 0.183.